The molecule has 2 aliphatic heterocycles. The summed E-state index contributed by atoms with van der Waals surface area (Å²) in [5, 5.41) is 4.92. The minimum Gasteiger partial charge on any atom is -0.380 e. The number of aromatic nitrogens is 1. The van der Waals surface area contributed by atoms with E-state index < -0.39 is 0 Å². The molecule has 0 saturated carbocycles. The second kappa shape index (κ2) is 8.73. The number of carbonyl (C=O) groups excluding carboxylic acids is 1. The number of rotatable bonds is 6. The summed E-state index contributed by atoms with van der Waals surface area (Å²) in [5.41, 5.74) is 4.92. The number of Topliss-reactive ketones (excluding diaryl/α,β-unsaturated/α-hetero) is 1. The minimum absolute atomic E-state index is 0.109. The van der Waals surface area contributed by atoms with Crippen molar-refractivity contribution in [2.45, 2.75) is 24.9 Å². The van der Waals surface area contributed by atoms with Gasteiger partial charge >= 0.3 is 0 Å². The van der Waals surface area contributed by atoms with Crippen LogP contribution in [-0.2, 0) is 16.0 Å². The molecule has 3 heterocycles. The van der Waals surface area contributed by atoms with Crippen LogP contribution in [0.2, 0.25) is 0 Å². The number of benzene rings is 2. The average Bonchev–Trinajstić information content (AvgIpc) is 3.29. The van der Waals surface area contributed by atoms with Crippen LogP contribution in [0.5, 0.6) is 0 Å². The highest BCUT2D eigenvalue weighted by Gasteiger charge is 2.36. The highest BCUT2D eigenvalue weighted by atomic mass is 16.5. The molecule has 5 rings (SSSR count). The number of nitrogens with one attached hydrogen (secondary N) is 2. The van der Waals surface area contributed by atoms with Crippen LogP contribution in [-0.4, -0.2) is 67.6 Å². The van der Waals surface area contributed by atoms with Crippen LogP contribution in [0.25, 0.3) is 10.9 Å². The van der Waals surface area contributed by atoms with Gasteiger partial charge in [0.2, 0.25) is 0 Å². The topological polar surface area (TPSA) is 60.6 Å². The molecule has 3 aromatic rings. The van der Waals surface area contributed by atoms with E-state index in [4.69, 9.17) is 4.74 Å². The summed E-state index contributed by atoms with van der Waals surface area (Å²) >= 11 is 0. The predicted molar refractivity (Wildman–Crippen MR) is 125 cm³/mol. The maximum absolute atomic E-state index is 13.1. The number of methoxy groups -OCH3 is 1. The largest absolute Gasteiger partial charge is 0.380 e. The quantitative estimate of drug-likeness (QED) is 0.643. The molecule has 2 aliphatic rings. The van der Waals surface area contributed by atoms with Crippen molar-refractivity contribution in [3.63, 3.8) is 0 Å². The number of piperazine rings is 1. The van der Waals surface area contributed by atoms with Crippen molar-refractivity contribution in [3.8, 4) is 0 Å². The van der Waals surface area contributed by atoms with Crippen molar-refractivity contribution < 1.29 is 9.53 Å². The molecule has 2 N–H and O–H groups in total. The lowest BCUT2D eigenvalue weighted by atomic mass is 9.90. The second-order valence-corrected chi connectivity index (χ2v) is 8.53. The van der Waals surface area contributed by atoms with E-state index in [9.17, 15) is 4.79 Å². The first-order chi connectivity index (χ1) is 15.2. The minimum atomic E-state index is -0.168. The molecule has 0 radical (unpaired) electrons. The number of hydrogen-bond acceptors (Lipinski definition) is 5. The zero-order valence-corrected chi connectivity index (χ0v) is 18.0. The molecular formula is C25H30N4O2. The molecule has 0 aliphatic carbocycles. The van der Waals surface area contributed by atoms with E-state index in [0.717, 1.165) is 50.2 Å². The van der Waals surface area contributed by atoms with Crippen LogP contribution in [0, 0.1) is 0 Å². The molecule has 6 nitrogen and oxygen atoms in total. The van der Waals surface area contributed by atoms with Gasteiger partial charge in [0, 0.05) is 67.8 Å². The lowest BCUT2D eigenvalue weighted by Crippen LogP contribution is -2.59. The van der Waals surface area contributed by atoms with Gasteiger partial charge in [0.25, 0.3) is 0 Å². The van der Waals surface area contributed by atoms with E-state index >= 15 is 0 Å². The molecule has 2 aromatic carbocycles. The van der Waals surface area contributed by atoms with Crippen LogP contribution < -0.4 is 10.2 Å². The van der Waals surface area contributed by atoms with Gasteiger partial charge in [-0.05, 0) is 42.7 Å². The van der Waals surface area contributed by atoms with E-state index in [1.54, 1.807) is 7.11 Å². The summed E-state index contributed by atoms with van der Waals surface area (Å²) < 4.78 is 5.25. The van der Waals surface area contributed by atoms with Crippen LogP contribution >= 0.6 is 0 Å². The molecule has 2 unspecified atom stereocenters. The van der Waals surface area contributed by atoms with Crippen molar-refractivity contribution >= 4 is 28.1 Å². The second-order valence-electron chi connectivity index (χ2n) is 8.53. The first-order valence-electron chi connectivity index (χ1n) is 11.2. The van der Waals surface area contributed by atoms with Crippen LogP contribution in [0.4, 0.5) is 11.4 Å². The summed E-state index contributed by atoms with van der Waals surface area (Å²) in [5.74, 6) is 0.167. The number of aromatic amines is 1. The third-order valence-electron chi connectivity index (χ3n) is 6.70. The van der Waals surface area contributed by atoms with Gasteiger partial charge in [-0.2, -0.15) is 0 Å². The van der Waals surface area contributed by atoms with Crippen molar-refractivity contribution in [1.29, 1.82) is 0 Å². The smallest absolute Gasteiger partial charge is 0.177 e. The Balaban J connectivity index is 1.33. The molecule has 1 aromatic heterocycles. The van der Waals surface area contributed by atoms with E-state index in [2.05, 4.69) is 68.6 Å². The zero-order chi connectivity index (χ0) is 21.2. The van der Waals surface area contributed by atoms with Gasteiger partial charge in [-0.15, -0.1) is 0 Å². The van der Waals surface area contributed by atoms with Crippen molar-refractivity contribution in [3.05, 3.63) is 60.3 Å². The standard InChI is InChI=1S/C25H30N4O2/c1-31-17-24(30)25(22-10-9-18-5-2-3-6-20(18)27-22)29-15-13-28(14-16-29)23-8-4-7-21-19(23)11-12-26-21/h2-8,11-12,22,25-27H,9-10,13-17H2,1H3. The van der Waals surface area contributed by atoms with Gasteiger partial charge in [0.15, 0.2) is 5.78 Å². The third-order valence-corrected chi connectivity index (χ3v) is 6.70. The summed E-state index contributed by atoms with van der Waals surface area (Å²) in [7, 11) is 1.61. The molecule has 2 atom stereocenters. The normalized spacial score (nSPS) is 20.3. The summed E-state index contributed by atoms with van der Waals surface area (Å²) in [6.07, 6.45) is 3.95. The molecule has 6 heteroatoms. The maximum Gasteiger partial charge on any atom is 0.177 e. The summed E-state index contributed by atoms with van der Waals surface area (Å²) in [6.45, 7) is 3.70. The van der Waals surface area contributed by atoms with E-state index in [1.807, 2.05) is 6.20 Å². The van der Waals surface area contributed by atoms with Crippen molar-refractivity contribution in [2.75, 3.05) is 50.1 Å². The number of anilines is 2. The fraction of sp³-hybridized carbons (Fsp3) is 0.400. The first kappa shape index (κ1) is 20.1. The Morgan fingerprint density at radius 3 is 2.77 bits per heavy atom. The number of H-pyrrole nitrogens is 1. The number of para-hydroxylation sites is 1. The molecule has 31 heavy (non-hydrogen) atoms. The molecule has 0 amide bonds. The number of aryl methyl sites for hydroxylation is 1. The van der Waals surface area contributed by atoms with Gasteiger partial charge < -0.3 is 19.9 Å². The Bertz CT molecular complexity index is 1050. The molecule has 0 bridgehead atoms. The summed E-state index contributed by atoms with van der Waals surface area (Å²) in [6, 6.07) is 16.9. The van der Waals surface area contributed by atoms with Crippen LogP contribution in [0.15, 0.2) is 54.7 Å². The molecule has 1 saturated heterocycles. The van der Waals surface area contributed by atoms with Crippen LogP contribution in [0.1, 0.15) is 12.0 Å². The van der Waals surface area contributed by atoms with Crippen molar-refractivity contribution in [1.82, 2.24) is 9.88 Å². The van der Waals surface area contributed by atoms with Gasteiger partial charge in [0.1, 0.15) is 6.61 Å². The number of nitrogens with zero attached hydrogens (tertiary/aromatic N) is 2. The molecule has 0 spiro atoms. The maximum atomic E-state index is 13.1. The van der Waals surface area contributed by atoms with Gasteiger partial charge in [-0.3, -0.25) is 9.69 Å². The van der Waals surface area contributed by atoms with E-state index in [1.165, 1.54) is 16.6 Å². The Labute approximate surface area is 183 Å². The molecule has 162 valence electrons. The first-order valence-corrected chi connectivity index (χ1v) is 11.2. The monoisotopic (exact) mass is 418 g/mol. The van der Waals surface area contributed by atoms with Gasteiger partial charge in [-0.1, -0.05) is 24.3 Å². The Kier molecular flexibility index (Phi) is 5.66. The lowest BCUT2D eigenvalue weighted by molar-refractivity contribution is -0.128. The summed E-state index contributed by atoms with van der Waals surface area (Å²) in [4.78, 5) is 21.2. The lowest BCUT2D eigenvalue weighted by Gasteiger charge is -2.43. The number of ether oxygens (including phenoxy) is 1. The number of ketones is 1. The SMILES string of the molecule is COCC(=O)C(C1CCc2ccccc2N1)N1CCN(c2cccc3[nH]ccc23)CC1. The van der Waals surface area contributed by atoms with E-state index in [-0.39, 0.29) is 24.5 Å². The molecular weight excluding hydrogens is 388 g/mol. The predicted octanol–water partition coefficient (Wildman–Crippen LogP) is 3.30. The van der Waals surface area contributed by atoms with E-state index in [0.29, 0.717) is 0 Å². The average molecular weight is 419 g/mol. The highest BCUT2D eigenvalue weighted by molar-refractivity contribution is 5.92. The number of fused-ring (bicyclic) bond motifs is 2. The molecule has 1 fully saturated rings. The Morgan fingerprint density at radius 1 is 1.10 bits per heavy atom. The number of carbonyl (C=O) groups is 1. The Hall–Kier alpha value is -2.83. The fourth-order valence-electron chi connectivity index (χ4n) is 5.19. The Morgan fingerprint density at radius 2 is 1.94 bits per heavy atom. The number of hydrogen-bond donors (Lipinski definition) is 2. The van der Waals surface area contributed by atoms with Gasteiger partial charge in [0.05, 0.1) is 6.04 Å². The van der Waals surface area contributed by atoms with Crippen LogP contribution in [0.3, 0.4) is 0 Å². The highest BCUT2D eigenvalue weighted by Crippen LogP contribution is 2.30. The van der Waals surface area contributed by atoms with Crippen molar-refractivity contribution in [2.24, 2.45) is 0 Å². The van der Waals surface area contributed by atoms with Gasteiger partial charge in [-0.25, -0.2) is 0 Å². The zero-order valence-electron chi connectivity index (χ0n) is 18.0. The third kappa shape index (κ3) is 3.93. The fourth-order valence-corrected chi connectivity index (χ4v) is 5.19.